The van der Waals surface area contributed by atoms with Gasteiger partial charge in [-0.25, -0.2) is 18.3 Å². The quantitative estimate of drug-likeness (QED) is 0.604. The molecule has 0 unspecified atom stereocenters. The largest absolute Gasteiger partial charge is 0.320 e. The Balaban J connectivity index is 1.68. The monoisotopic (exact) mass is 356 g/mol. The van der Waals surface area contributed by atoms with Gasteiger partial charge in [0.15, 0.2) is 23.0 Å². The molecule has 1 N–H and O–H groups in total. The van der Waals surface area contributed by atoms with Crippen LogP contribution in [0.4, 0.5) is 14.5 Å². The van der Waals surface area contributed by atoms with Crippen LogP contribution >= 0.6 is 11.3 Å². The lowest BCUT2D eigenvalue weighted by Crippen LogP contribution is -2.13. The zero-order valence-corrected chi connectivity index (χ0v) is 13.4. The first-order valence-electron chi connectivity index (χ1n) is 7.27. The molecular formula is C17H10F2N4OS. The lowest BCUT2D eigenvalue weighted by molar-refractivity contribution is 0.102. The second kappa shape index (κ2) is 6.06. The molecule has 8 heteroatoms. The van der Waals surface area contributed by atoms with Gasteiger partial charge in [0, 0.05) is 24.0 Å². The Morgan fingerprint density at radius 2 is 2.00 bits per heavy atom. The lowest BCUT2D eigenvalue weighted by atomic mass is 10.3. The third-order valence-corrected chi connectivity index (χ3v) is 4.43. The van der Waals surface area contributed by atoms with E-state index in [1.54, 1.807) is 22.0 Å². The van der Waals surface area contributed by atoms with Gasteiger partial charge in [-0.3, -0.25) is 4.79 Å². The van der Waals surface area contributed by atoms with Gasteiger partial charge in [-0.05, 0) is 29.6 Å². The molecule has 0 saturated heterocycles. The van der Waals surface area contributed by atoms with Crippen LogP contribution in [0.25, 0.3) is 16.2 Å². The number of hydrogen-bond donors (Lipinski definition) is 1. The number of fused-ring (bicyclic) bond motifs is 1. The molecule has 0 spiro atoms. The number of thiophene rings is 1. The van der Waals surface area contributed by atoms with Crippen LogP contribution in [0.3, 0.4) is 0 Å². The predicted molar refractivity (Wildman–Crippen MR) is 90.6 cm³/mol. The summed E-state index contributed by atoms with van der Waals surface area (Å²) < 4.78 is 27.8. The molecule has 124 valence electrons. The highest BCUT2D eigenvalue weighted by Crippen LogP contribution is 2.25. The summed E-state index contributed by atoms with van der Waals surface area (Å²) in [5.74, 6) is -2.54. The summed E-state index contributed by atoms with van der Waals surface area (Å²) in [7, 11) is 0. The zero-order valence-electron chi connectivity index (χ0n) is 12.6. The lowest BCUT2D eigenvalue weighted by Gasteiger charge is -2.03. The molecule has 0 radical (unpaired) electrons. The number of carbonyl (C=O) groups is 1. The molecule has 25 heavy (non-hydrogen) atoms. The molecule has 0 aliphatic heterocycles. The maximum absolute atomic E-state index is 13.3. The summed E-state index contributed by atoms with van der Waals surface area (Å²) in [4.78, 5) is 17.5. The molecule has 4 rings (SSSR count). The number of hydrogen-bond acceptors (Lipinski definition) is 4. The van der Waals surface area contributed by atoms with Crippen molar-refractivity contribution in [1.29, 1.82) is 0 Å². The van der Waals surface area contributed by atoms with Gasteiger partial charge >= 0.3 is 0 Å². The molecule has 4 aromatic rings. The summed E-state index contributed by atoms with van der Waals surface area (Å²) in [6.07, 6.45) is 1.64. The molecular weight excluding hydrogens is 346 g/mol. The minimum atomic E-state index is -1.03. The van der Waals surface area contributed by atoms with E-state index in [9.17, 15) is 13.6 Å². The molecule has 0 bridgehead atoms. The van der Waals surface area contributed by atoms with Gasteiger partial charge in [0.05, 0.1) is 10.6 Å². The van der Waals surface area contributed by atoms with E-state index in [4.69, 9.17) is 0 Å². The number of benzene rings is 1. The van der Waals surface area contributed by atoms with Gasteiger partial charge in [0.25, 0.3) is 5.91 Å². The van der Waals surface area contributed by atoms with Crippen LogP contribution in [-0.2, 0) is 0 Å². The van der Waals surface area contributed by atoms with Crippen molar-refractivity contribution in [2.75, 3.05) is 5.32 Å². The van der Waals surface area contributed by atoms with E-state index >= 15 is 0 Å². The number of aromatic nitrogens is 3. The molecule has 1 aromatic carbocycles. The molecule has 3 heterocycles. The minimum absolute atomic E-state index is 0.126. The summed E-state index contributed by atoms with van der Waals surface area (Å²) in [5, 5.41) is 8.73. The standard InChI is InChI=1S/C17H10F2N4OS/c18-11-4-3-10(8-12(11)19)21-17(24)13-9-16-20-6-5-14(23(16)22-13)15-2-1-7-25-15/h1-9H,(H,21,24). The molecule has 5 nitrogen and oxygen atoms in total. The van der Waals surface area contributed by atoms with Crippen LogP contribution in [0.2, 0.25) is 0 Å². The average molecular weight is 356 g/mol. The van der Waals surface area contributed by atoms with Crippen molar-refractivity contribution in [3.63, 3.8) is 0 Å². The fourth-order valence-electron chi connectivity index (χ4n) is 2.39. The van der Waals surface area contributed by atoms with Crippen molar-refractivity contribution in [3.05, 3.63) is 71.4 Å². The Hall–Kier alpha value is -3.13. The number of nitrogens with zero attached hydrogens (tertiary/aromatic N) is 3. The zero-order chi connectivity index (χ0) is 17.4. The molecule has 0 atom stereocenters. The topological polar surface area (TPSA) is 59.3 Å². The molecule has 0 aliphatic rings. The molecule has 0 saturated carbocycles. The molecule has 3 aromatic heterocycles. The van der Waals surface area contributed by atoms with Gasteiger partial charge < -0.3 is 5.32 Å². The van der Waals surface area contributed by atoms with E-state index in [0.29, 0.717) is 5.65 Å². The van der Waals surface area contributed by atoms with Crippen molar-refractivity contribution in [2.45, 2.75) is 0 Å². The molecule has 0 aliphatic carbocycles. The van der Waals surface area contributed by atoms with E-state index < -0.39 is 17.5 Å². The number of halogens is 2. The first-order chi connectivity index (χ1) is 12.1. The van der Waals surface area contributed by atoms with E-state index in [-0.39, 0.29) is 11.4 Å². The third-order valence-electron chi connectivity index (χ3n) is 3.54. The Labute approximate surface area is 144 Å². The Bertz CT molecular complexity index is 1080. The van der Waals surface area contributed by atoms with Gasteiger partial charge in [-0.15, -0.1) is 11.3 Å². The van der Waals surface area contributed by atoms with Crippen LogP contribution in [0.5, 0.6) is 0 Å². The normalized spacial score (nSPS) is 11.0. The summed E-state index contributed by atoms with van der Waals surface area (Å²) in [6.45, 7) is 0. The first-order valence-corrected chi connectivity index (χ1v) is 8.15. The Kier molecular flexibility index (Phi) is 3.73. The summed E-state index contributed by atoms with van der Waals surface area (Å²) in [5.41, 5.74) is 1.60. The van der Waals surface area contributed by atoms with Gasteiger partial charge in [0.2, 0.25) is 0 Å². The second-order valence-corrected chi connectivity index (χ2v) is 6.14. The second-order valence-electron chi connectivity index (χ2n) is 5.19. The Morgan fingerprint density at radius 1 is 1.12 bits per heavy atom. The van der Waals surface area contributed by atoms with Gasteiger partial charge in [-0.1, -0.05) is 6.07 Å². The number of carbonyl (C=O) groups excluding carboxylic acids is 1. The van der Waals surface area contributed by atoms with Gasteiger partial charge in [-0.2, -0.15) is 5.10 Å². The first kappa shape index (κ1) is 15.4. The van der Waals surface area contributed by atoms with Gasteiger partial charge in [0.1, 0.15) is 0 Å². The van der Waals surface area contributed by atoms with Crippen molar-refractivity contribution >= 4 is 28.6 Å². The van der Waals surface area contributed by atoms with Crippen LogP contribution in [0.1, 0.15) is 10.5 Å². The average Bonchev–Trinajstić information content (AvgIpc) is 3.27. The van der Waals surface area contributed by atoms with Crippen molar-refractivity contribution in [1.82, 2.24) is 14.6 Å². The maximum Gasteiger partial charge on any atom is 0.276 e. The SMILES string of the molecule is O=C(Nc1ccc(F)c(F)c1)c1cc2nccc(-c3cccs3)n2n1. The molecule has 1 amide bonds. The molecule has 0 fully saturated rings. The fraction of sp³-hybridized carbons (Fsp3) is 0. The Morgan fingerprint density at radius 3 is 2.76 bits per heavy atom. The summed E-state index contributed by atoms with van der Waals surface area (Å²) in [6, 6.07) is 10.4. The highest BCUT2D eigenvalue weighted by Gasteiger charge is 2.15. The van der Waals surface area contributed by atoms with Crippen molar-refractivity contribution < 1.29 is 13.6 Å². The fourth-order valence-corrected chi connectivity index (χ4v) is 3.12. The summed E-state index contributed by atoms with van der Waals surface area (Å²) >= 11 is 1.55. The predicted octanol–water partition coefficient (Wildman–Crippen LogP) is 3.99. The highest BCUT2D eigenvalue weighted by molar-refractivity contribution is 7.13. The van der Waals surface area contributed by atoms with E-state index in [0.717, 1.165) is 22.7 Å². The highest BCUT2D eigenvalue weighted by atomic mass is 32.1. The van der Waals surface area contributed by atoms with Crippen molar-refractivity contribution in [2.24, 2.45) is 0 Å². The van der Waals surface area contributed by atoms with E-state index in [1.807, 2.05) is 23.6 Å². The van der Waals surface area contributed by atoms with Crippen LogP contribution in [-0.4, -0.2) is 20.5 Å². The minimum Gasteiger partial charge on any atom is -0.320 e. The van der Waals surface area contributed by atoms with E-state index in [2.05, 4.69) is 15.4 Å². The number of nitrogens with one attached hydrogen (secondary N) is 1. The van der Waals surface area contributed by atoms with Crippen LogP contribution < -0.4 is 5.32 Å². The van der Waals surface area contributed by atoms with Crippen LogP contribution in [0, 0.1) is 11.6 Å². The number of anilines is 1. The maximum atomic E-state index is 13.3. The van der Waals surface area contributed by atoms with E-state index in [1.165, 1.54) is 12.1 Å². The smallest absolute Gasteiger partial charge is 0.276 e. The van der Waals surface area contributed by atoms with Crippen LogP contribution in [0.15, 0.2) is 54.0 Å². The number of amides is 1. The third kappa shape index (κ3) is 2.87. The number of rotatable bonds is 3. The van der Waals surface area contributed by atoms with Crippen molar-refractivity contribution in [3.8, 4) is 10.6 Å².